The molecule has 12 heteroatoms. The van der Waals surface area contributed by atoms with Crippen LogP contribution in [0.3, 0.4) is 0 Å². The summed E-state index contributed by atoms with van der Waals surface area (Å²) in [5.74, 6) is 2.27. The van der Waals surface area contributed by atoms with Crippen LogP contribution in [0.15, 0.2) is 24.3 Å². The highest BCUT2D eigenvalue weighted by atomic mass is 35.5. The zero-order valence-corrected chi connectivity index (χ0v) is 22.5. The third-order valence-electron chi connectivity index (χ3n) is 6.14. The zero-order chi connectivity index (χ0) is 20.8. The number of anilines is 5. The molecule has 11 nitrogen and oxygen atoms in total. The summed E-state index contributed by atoms with van der Waals surface area (Å²) in [6.45, 7) is 10.5. The Bertz CT molecular complexity index is 788. The van der Waals surface area contributed by atoms with Crippen molar-refractivity contribution in [3.63, 3.8) is 0 Å². The molecule has 0 spiro atoms. The van der Waals surface area contributed by atoms with Gasteiger partial charge in [0.25, 0.3) is 0 Å². The van der Waals surface area contributed by atoms with E-state index in [1.807, 2.05) is 0 Å². The molecule has 2 aliphatic rings. The lowest BCUT2D eigenvalue weighted by atomic mass is 10.1. The van der Waals surface area contributed by atoms with Gasteiger partial charge in [-0.2, -0.15) is 15.0 Å². The SMILES string of the molecule is CCN(CC)c1ccc(Nc2nc(N3CCCCC3)nc(N3CCCCC3)n2)cc1.Cl.N.N.N.N.[HH].[HH].[HH].[HH]. The molecule has 0 saturated carbocycles. The van der Waals surface area contributed by atoms with Gasteiger partial charge in [-0.25, -0.2) is 0 Å². The number of aromatic nitrogens is 3. The summed E-state index contributed by atoms with van der Waals surface area (Å²) in [5.41, 5.74) is 2.25. The van der Waals surface area contributed by atoms with Gasteiger partial charge in [0.05, 0.1) is 0 Å². The van der Waals surface area contributed by atoms with Gasteiger partial charge in [-0.3, -0.25) is 0 Å². The van der Waals surface area contributed by atoms with Crippen molar-refractivity contribution in [3.05, 3.63) is 24.3 Å². The van der Waals surface area contributed by atoms with E-state index in [0.717, 1.165) is 56.9 Å². The monoisotopic (exact) mass is 521 g/mol. The molecular weight excluding hydrogens is 466 g/mol. The van der Waals surface area contributed by atoms with E-state index in [9.17, 15) is 0 Å². The number of nitrogens with one attached hydrogen (secondary N) is 1. The molecular formula is C23H56ClN11. The van der Waals surface area contributed by atoms with Gasteiger partial charge in [-0.05, 0) is 76.6 Å². The predicted octanol–water partition coefficient (Wildman–Crippen LogP) is 6.50. The van der Waals surface area contributed by atoms with Gasteiger partial charge < -0.3 is 44.6 Å². The van der Waals surface area contributed by atoms with E-state index in [1.54, 1.807) is 0 Å². The van der Waals surface area contributed by atoms with Crippen LogP contribution in [0.4, 0.5) is 29.2 Å². The van der Waals surface area contributed by atoms with Gasteiger partial charge in [0, 0.05) is 56.3 Å². The second-order valence-corrected chi connectivity index (χ2v) is 8.20. The lowest BCUT2D eigenvalue weighted by molar-refractivity contribution is 0.556. The van der Waals surface area contributed by atoms with E-state index in [4.69, 9.17) is 15.0 Å². The van der Waals surface area contributed by atoms with Crippen molar-refractivity contribution < 1.29 is 5.71 Å². The summed E-state index contributed by atoms with van der Waals surface area (Å²) in [5, 5.41) is 3.43. The molecule has 0 radical (unpaired) electrons. The molecule has 0 aliphatic carbocycles. The van der Waals surface area contributed by atoms with Crippen LogP contribution >= 0.6 is 12.4 Å². The number of benzene rings is 1. The van der Waals surface area contributed by atoms with E-state index < -0.39 is 0 Å². The first kappa shape index (κ1) is 34.7. The van der Waals surface area contributed by atoms with Crippen molar-refractivity contribution in [1.82, 2.24) is 39.6 Å². The number of rotatable bonds is 7. The predicted molar refractivity (Wildman–Crippen MR) is 161 cm³/mol. The highest BCUT2D eigenvalue weighted by Crippen LogP contribution is 2.25. The Balaban J connectivity index is -0.000000302. The summed E-state index contributed by atoms with van der Waals surface area (Å²) in [7, 11) is 0. The van der Waals surface area contributed by atoms with Crippen molar-refractivity contribution in [2.45, 2.75) is 52.4 Å². The Hall–Kier alpha value is -2.44. The zero-order valence-electron chi connectivity index (χ0n) is 21.7. The number of hydrogen-bond donors (Lipinski definition) is 5. The lowest BCUT2D eigenvalue weighted by Gasteiger charge is -2.30. The quantitative estimate of drug-likeness (QED) is 0.266. The van der Waals surface area contributed by atoms with Crippen LogP contribution in [0.25, 0.3) is 0 Å². The summed E-state index contributed by atoms with van der Waals surface area (Å²) in [6.07, 6.45) is 7.43. The van der Waals surface area contributed by atoms with Crippen molar-refractivity contribution in [1.29, 1.82) is 0 Å². The first-order chi connectivity index (χ1) is 14.8. The Labute approximate surface area is 223 Å². The number of hydrogen-bond acceptors (Lipinski definition) is 11. The van der Waals surface area contributed by atoms with E-state index in [2.05, 4.69) is 58.1 Å². The summed E-state index contributed by atoms with van der Waals surface area (Å²) in [4.78, 5) is 21.4. The van der Waals surface area contributed by atoms with Crippen LogP contribution in [-0.2, 0) is 0 Å². The topological polar surface area (TPSA) is 200 Å². The molecule has 35 heavy (non-hydrogen) atoms. The average Bonchev–Trinajstić information content (AvgIpc) is 2.82. The van der Waals surface area contributed by atoms with Crippen LogP contribution in [0.1, 0.15) is 58.1 Å². The summed E-state index contributed by atoms with van der Waals surface area (Å²) >= 11 is 0. The van der Waals surface area contributed by atoms with Gasteiger partial charge in [0.15, 0.2) is 0 Å². The molecule has 0 amide bonds. The first-order valence-corrected chi connectivity index (χ1v) is 11.6. The van der Waals surface area contributed by atoms with E-state index >= 15 is 0 Å². The largest absolute Gasteiger partial charge is 0.372 e. The number of nitrogens with zero attached hydrogens (tertiary/aromatic N) is 6. The van der Waals surface area contributed by atoms with Gasteiger partial charge in [-0.1, -0.05) is 0 Å². The molecule has 2 fully saturated rings. The first-order valence-electron chi connectivity index (χ1n) is 11.6. The van der Waals surface area contributed by atoms with Crippen molar-refractivity contribution in [3.8, 4) is 0 Å². The fourth-order valence-corrected chi connectivity index (χ4v) is 4.35. The van der Waals surface area contributed by atoms with Crippen LogP contribution in [0.2, 0.25) is 0 Å². The van der Waals surface area contributed by atoms with Gasteiger partial charge >= 0.3 is 0 Å². The van der Waals surface area contributed by atoms with Crippen molar-refractivity contribution in [2.24, 2.45) is 0 Å². The molecule has 0 unspecified atom stereocenters. The molecule has 0 atom stereocenters. The molecule has 4 rings (SSSR count). The smallest absolute Gasteiger partial charge is 0.233 e. The fourth-order valence-electron chi connectivity index (χ4n) is 4.35. The highest BCUT2D eigenvalue weighted by Gasteiger charge is 2.20. The van der Waals surface area contributed by atoms with Gasteiger partial charge in [-0.15, -0.1) is 12.4 Å². The molecule has 1 aromatic heterocycles. The number of halogens is 1. The average molecular weight is 522 g/mol. The molecule has 13 N–H and O–H groups in total. The Morgan fingerprint density at radius 3 is 1.54 bits per heavy atom. The van der Waals surface area contributed by atoms with Crippen LogP contribution in [0, 0.1) is 0 Å². The second kappa shape index (κ2) is 17.1. The maximum atomic E-state index is 4.86. The molecule has 1 aromatic carbocycles. The Morgan fingerprint density at radius 1 is 0.714 bits per heavy atom. The van der Waals surface area contributed by atoms with Crippen molar-refractivity contribution >= 4 is 41.6 Å². The van der Waals surface area contributed by atoms with Crippen LogP contribution < -0.4 is 44.6 Å². The van der Waals surface area contributed by atoms with E-state index in [1.165, 1.54) is 44.2 Å². The lowest BCUT2D eigenvalue weighted by Crippen LogP contribution is -2.34. The molecule has 3 heterocycles. The third-order valence-corrected chi connectivity index (χ3v) is 6.14. The molecule has 210 valence electrons. The number of piperidine rings is 2. The maximum Gasteiger partial charge on any atom is 0.233 e. The molecule has 2 aromatic rings. The van der Waals surface area contributed by atoms with Crippen LogP contribution in [0.5, 0.6) is 0 Å². The molecule has 2 saturated heterocycles. The standard InChI is InChI=1S/C23H35N7.ClH.4H3N.4H2/c1-3-28(4-2)20-13-11-19(12-14-20)24-21-25-22(29-15-7-5-8-16-29)27-23(26-21)30-17-9-6-10-18-30;;;;;;;;;/h11-14H,3-10,15-18H2,1-2H3,(H,24,25,26,27);1H;4*1H3;4*1H. The minimum Gasteiger partial charge on any atom is -0.372 e. The third kappa shape index (κ3) is 8.93. The maximum absolute atomic E-state index is 4.86. The van der Waals surface area contributed by atoms with Gasteiger partial charge in [0.2, 0.25) is 17.8 Å². The normalized spacial score (nSPS) is 14.7. The van der Waals surface area contributed by atoms with E-state index in [0.29, 0.717) is 5.95 Å². The Morgan fingerprint density at radius 2 is 1.14 bits per heavy atom. The van der Waals surface area contributed by atoms with Crippen molar-refractivity contribution in [2.75, 3.05) is 59.3 Å². The fraction of sp³-hybridized carbons (Fsp3) is 0.609. The van der Waals surface area contributed by atoms with Gasteiger partial charge in [0.1, 0.15) is 0 Å². The molecule has 0 bridgehead atoms. The summed E-state index contributed by atoms with van der Waals surface area (Å²) in [6, 6.07) is 8.54. The minimum absolute atomic E-state index is 0. The minimum atomic E-state index is 0. The van der Waals surface area contributed by atoms with Crippen LogP contribution in [-0.4, -0.2) is 54.2 Å². The van der Waals surface area contributed by atoms with E-state index in [-0.39, 0.29) is 42.7 Å². The Kier molecular flexibility index (Phi) is 16.9. The highest BCUT2D eigenvalue weighted by molar-refractivity contribution is 5.85. The summed E-state index contributed by atoms with van der Waals surface area (Å²) < 4.78 is 0. The molecule has 2 aliphatic heterocycles. The second-order valence-electron chi connectivity index (χ2n) is 8.20.